The molecule has 2 aromatic carbocycles. The van der Waals surface area contributed by atoms with E-state index in [2.05, 4.69) is 4.99 Å². The van der Waals surface area contributed by atoms with Crippen molar-refractivity contribution in [2.24, 2.45) is 4.99 Å². The molecule has 0 fully saturated rings. The second-order valence-electron chi connectivity index (χ2n) is 6.19. The Kier molecular flexibility index (Phi) is 6.08. The maximum absolute atomic E-state index is 12.3. The minimum atomic E-state index is -0.457. The average Bonchev–Trinajstić information content (AvgIpc) is 3.34. The molecule has 0 bridgehead atoms. The second-order valence-corrected chi connectivity index (χ2v) is 8.81. The average molecular weight is 457 g/mol. The van der Waals surface area contributed by atoms with Crippen LogP contribution in [0.15, 0.2) is 75.8 Å². The molecule has 30 heavy (non-hydrogen) atoms. The number of para-hydroxylation sites is 1. The van der Waals surface area contributed by atoms with Crippen molar-refractivity contribution in [3.05, 3.63) is 92.8 Å². The molecule has 0 saturated carbocycles. The first kappa shape index (κ1) is 20.5. The molecule has 0 spiro atoms. The fourth-order valence-corrected chi connectivity index (χ4v) is 4.65. The van der Waals surface area contributed by atoms with Crippen molar-refractivity contribution in [2.45, 2.75) is 5.75 Å². The number of carbonyl (C=O) groups is 1. The summed E-state index contributed by atoms with van der Waals surface area (Å²) in [4.78, 5) is 27.4. The Balaban J connectivity index is 1.50. The zero-order valence-electron chi connectivity index (χ0n) is 15.3. The molecular weight excluding hydrogens is 444 g/mol. The summed E-state index contributed by atoms with van der Waals surface area (Å²) in [5, 5.41) is 11.7. The van der Waals surface area contributed by atoms with E-state index in [0.717, 1.165) is 17.3 Å². The molecule has 3 aromatic rings. The van der Waals surface area contributed by atoms with Crippen LogP contribution in [0.5, 0.6) is 0 Å². The van der Waals surface area contributed by atoms with Crippen LogP contribution in [0.4, 0.5) is 5.69 Å². The van der Waals surface area contributed by atoms with Gasteiger partial charge in [-0.3, -0.25) is 14.9 Å². The predicted molar refractivity (Wildman–Crippen MR) is 122 cm³/mol. The number of nitrogens with zero attached hydrogens (tertiary/aromatic N) is 2. The van der Waals surface area contributed by atoms with E-state index in [0.29, 0.717) is 32.2 Å². The van der Waals surface area contributed by atoms with Crippen molar-refractivity contribution in [3.63, 3.8) is 0 Å². The molecule has 2 heterocycles. The highest BCUT2D eigenvalue weighted by atomic mass is 35.5. The van der Waals surface area contributed by atoms with Gasteiger partial charge in [0, 0.05) is 22.9 Å². The lowest BCUT2D eigenvalue weighted by molar-refractivity contribution is -0.384. The lowest BCUT2D eigenvalue weighted by atomic mass is 10.1. The number of thioether (sulfide) groups is 2. The number of furan rings is 1. The Morgan fingerprint density at radius 1 is 1.13 bits per heavy atom. The molecule has 6 nitrogen and oxygen atoms in total. The SMILES string of the molecule is O=C1SC(SCc2ccc(Cl)cc2)=N/C1=C/c1ccc(-c2ccccc2[N+](=O)[O-])o1. The van der Waals surface area contributed by atoms with Gasteiger partial charge in [0.1, 0.15) is 21.6 Å². The van der Waals surface area contributed by atoms with E-state index in [1.165, 1.54) is 17.8 Å². The zero-order valence-corrected chi connectivity index (χ0v) is 17.7. The van der Waals surface area contributed by atoms with Crippen LogP contribution < -0.4 is 0 Å². The first-order valence-corrected chi connectivity index (χ1v) is 10.9. The molecule has 0 radical (unpaired) electrons. The Bertz CT molecular complexity index is 1190. The van der Waals surface area contributed by atoms with Gasteiger partial charge in [0.05, 0.1) is 10.5 Å². The third-order valence-electron chi connectivity index (χ3n) is 4.15. The van der Waals surface area contributed by atoms with E-state index >= 15 is 0 Å². The van der Waals surface area contributed by atoms with Gasteiger partial charge in [-0.05, 0) is 47.7 Å². The molecule has 150 valence electrons. The number of carbonyl (C=O) groups excluding carboxylic acids is 1. The van der Waals surface area contributed by atoms with E-state index in [9.17, 15) is 14.9 Å². The summed E-state index contributed by atoms with van der Waals surface area (Å²) in [5.74, 6) is 1.43. The largest absolute Gasteiger partial charge is 0.456 e. The molecule has 1 aromatic heterocycles. The minimum absolute atomic E-state index is 0.0440. The van der Waals surface area contributed by atoms with E-state index < -0.39 is 4.92 Å². The first-order chi connectivity index (χ1) is 14.5. The summed E-state index contributed by atoms with van der Waals surface area (Å²) in [7, 11) is 0. The summed E-state index contributed by atoms with van der Waals surface area (Å²) in [6.45, 7) is 0. The minimum Gasteiger partial charge on any atom is -0.456 e. The molecular formula is C21H13ClN2O4S2. The van der Waals surface area contributed by atoms with Crippen molar-refractivity contribution in [2.75, 3.05) is 0 Å². The number of aliphatic imine (C=N–C) groups is 1. The third-order valence-corrected chi connectivity index (χ3v) is 6.48. The summed E-state index contributed by atoms with van der Waals surface area (Å²) in [5.41, 5.74) is 1.69. The highest BCUT2D eigenvalue weighted by Crippen LogP contribution is 2.35. The Morgan fingerprint density at radius 2 is 1.90 bits per heavy atom. The van der Waals surface area contributed by atoms with Crippen LogP contribution in [0, 0.1) is 10.1 Å². The fourth-order valence-electron chi connectivity index (χ4n) is 2.73. The molecule has 0 N–H and O–H groups in total. The number of hydrogen-bond donors (Lipinski definition) is 0. The van der Waals surface area contributed by atoms with Gasteiger partial charge in [-0.1, -0.05) is 47.6 Å². The third kappa shape index (κ3) is 4.67. The van der Waals surface area contributed by atoms with Crippen molar-refractivity contribution >= 4 is 56.4 Å². The zero-order chi connectivity index (χ0) is 21.1. The molecule has 0 unspecified atom stereocenters. The second kappa shape index (κ2) is 8.91. The summed E-state index contributed by atoms with van der Waals surface area (Å²) < 4.78 is 6.37. The molecule has 1 aliphatic rings. The Hall–Kier alpha value is -2.81. The maximum Gasteiger partial charge on any atom is 0.280 e. The van der Waals surface area contributed by atoms with E-state index in [4.69, 9.17) is 16.0 Å². The molecule has 4 rings (SSSR count). The van der Waals surface area contributed by atoms with Gasteiger partial charge in [-0.15, -0.1) is 0 Å². The van der Waals surface area contributed by atoms with Crippen LogP contribution in [-0.2, 0) is 10.5 Å². The molecule has 9 heteroatoms. The predicted octanol–water partition coefficient (Wildman–Crippen LogP) is 6.41. The molecule has 0 amide bonds. The van der Waals surface area contributed by atoms with Gasteiger partial charge in [0.25, 0.3) is 5.69 Å². The monoisotopic (exact) mass is 456 g/mol. The number of nitro benzene ring substituents is 1. The van der Waals surface area contributed by atoms with Gasteiger partial charge < -0.3 is 4.42 Å². The molecule has 0 atom stereocenters. The lowest BCUT2D eigenvalue weighted by Crippen LogP contribution is -1.90. The number of halogens is 1. The van der Waals surface area contributed by atoms with Crippen LogP contribution >= 0.6 is 35.1 Å². The van der Waals surface area contributed by atoms with Gasteiger partial charge in [0.2, 0.25) is 5.12 Å². The Labute approximate surface area is 185 Å². The van der Waals surface area contributed by atoms with Crippen molar-refractivity contribution in [1.29, 1.82) is 0 Å². The lowest BCUT2D eigenvalue weighted by Gasteiger charge is -1.99. The van der Waals surface area contributed by atoms with Crippen LogP contribution in [-0.4, -0.2) is 14.4 Å². The molecule has 0 saturated heterocycles. The van der Waals surface area contributed by atoms with Crippen molar-refractivity contribution in [3.8, 4) is 11.3 Å². The quantitative estimate of drug-likeness (QED) is 0.250. The van der Waals surface area contributed by atoms with Crippen LogP contribution in [0.3, 0.4) is 0 Å². The van der Waals surface area contributed by atoms with Crippen molar-refractivity contribution in [1.82, 2.24) is 0 Å². The summed E-state index contributed by atoms with van der Waals surface area (Å²) >= 11 is 8.43. The molecule has 0 aliphatic carbocycles. The summed E-state index contributed by atoms with van der Waals surface area (Å²) in [6.07, 6.45) is 1.55. The van der Waals surface area contributed by atoms with E-state index in [1.807, 2.05) is 24.3 Å². The van der Waals surface area contributed by atoms with Crippen LogP contribution in [0.1, 0.15) is 11.3 Å². The van der Waals surface area contributed by atoms with Gasteiger partial charge in [0.15, 0.2) is 0 Å². The van der Waals surface area contributed by atoms with Crippen LogP contribution in [0.2, 0.25) is 5.02 Å². The fraction of sp³-hybridized carbons (Fsp3) is 0.0476. The highest BCUT2D eigenvalue weighted by molar-refractivity contribution is 8.45. The molecule has 1 aliphatic heterocycles. The van der Waals surface area contributed by atoms with Gasteiger partial charge in [-0.25, -0.2) is 4.99 Å². The van der Waals surface area contributed by atoms with Gasteiger partial charge in [-0.2, -0.15) is 0 Å². The smallest absolute Gasteiger partial charge is 0.280 e. The van der Waals surface area contributed by atoms with Gasteiger partial charge >= 0.3 is 0 Å². The standard InChI is InChI=1S/C21H13ClN2O4S2/c22-14-7-5-13(6-8-14)12-29-21-23-17(20(25)30-21)11-15-9-10-19(28-15)16-3-1-2-4-18(16)24(26)27/h1-11H,12H2/b17-11+. The highest BCUT2D eigenvalue weighted by Gasteiger charge is 2.23. The number of hydrogen-bond acceptors (Lipinski definition) is 7. The van der Waals surface area contributed by atoms with Crippen molar-refractivity contribution < 1.29 is 14.1 Å². The number of benzene rings is 2. The number of rotatable bonds is 5. The van der Waals surface area contributed by atoms with Crippen LogP contribution in [0.25, 0.3) is 17.4 Å². The number of nitro groups is 1. The normalized spacial score (nSPS) is 14.9. The summed E-state index contributed by atoms with van der Waals surface area (Å²) in [6, 6.07) is 17.1. The Morgan fingerprint density at radius 3 is 2.67 bits per heavy atom. The topological polar surface area (TPSA) is 85.7 Å². The first-order valence-electron chi connectivity index (χ1n) is 8.73. The maximum atomic E-state index is 12.3. The van der Waals surface area contributed by atoms with E-state index in [1.54, 1.807) is 36.4 Å². The van der Waals surface area contributed by atoms with E-state index in [-0.39, 0.29) is 16.5 Å².